The standard InChI is InChI=1S/C15H24FN3/c1-3-11-4-6-13(7-5-11)19(2)15-14(16)12(10-17)8-9-18-15/h8-9,11,13H,3-7,10,17H2,1-2H3. The van der Waals surface area contributed by atoms with E-state index in [-0.39, 0.29) is 12.4 Å². The summed E-state index contributed by atoms with van der Waals surface area (Å²) >= 11 is 0. The van der Waals surface area contributed by atoms with Crippen molar-refractivity contribution >= 4 is 5.82 Å². The van der Waals surface area contributed by atoms with Gasteiger partial charge in [0.05, 0.1) is 0 Å². The molecule has 2 N–H and O–H groups in total. The normalized spacial score (nSPS) is 23.4. The van der Waals surface area contributed by atoms with Crippen molar-refractivity contribution < 1.29 is 4.39 Å². The van der Waals surface area contributed by atoms with Gasteiger partial charge in [0.2, 0.25) is 0 Å². The first-order chi connectivity index (χ1) is 9.17. The smallest absolute Gasteiger partial charge is 0.170 e. The van der Waals surface area contributed by atoms with Crippen LogP contribution in [0.2, 0.25) is 0 Å². The molecule has 1 fully saturated rings. The number of aromatic nitrogens is 1. The number of nitrogens with zero attached hydrogens (tertiary/aromatic N) is 2. The van der Waals surface area contributed by atoms with Crippen LogP contribution in [-0.4, -0.2) is 18.1 Å². The van der Waals surface area contributed by atoms with E-state index in [0.717, 1.165) is 18.8 Å². The molecule has 3 nitrogen and oxygen atoms in total. The third-order valence-corrected chi connectivity index (χ3v) is 4.45. The Morgan fingerprint density at radius 1 is 1.37 bits per heavy atom. The number of halogens is 1. The Bertz CT molecular complexity index is 414. The fraction of sp³-hybridized carbons (Fsp3) is 0.667. The number of pyridine rings is 1. The number of rotatable bonds is 4. The van der Waals surface area contributed by atoms with Gasteiger partial charge in [0.15, 0.2) is 11.6 Å². The van der Waals surface area contributed by atoms with Crippen LogP contribution in [0.1, 0.15) is 44.6 Å². The Morgan fingerprint density at radius 2 is 2.05 bits per heavy atom. The molecule has 0 atom stereocenters. The molecular weight excluding hydrogens is 241 g/mol. The van der Waals surface area contributed by atoms with Crippen LogP contribution < -0.4 is 10.6 Å². The molecule has 2 rings (SSSR count). The van der Waals surface area contributed by atoms with Crippen LogP contribution in [0.25, 0.3) is 0 Å². The molecule has 0 saturated heterocycles. The highest BCUT2D eigenvalue weighted by molar-refractivity contribution is 5.43. The molecule has 0 amide bonds. The van der Waals surface area contributed by atoms with Gasteiger partial charge >= 0.3 is 0 Å². The van der Waals surface area contributed by atoms with E-state index in [0.29, 0.717) is 17.4 Å². The average Bonchev–Trinajstić information content (AvgIpc) is 2.47. The zero-order chi connectivity index (χ0) is 13.8. The van der Waals surface area contributed by atoms with Gasteiger partial charge in [-0.25, -0.2) is 9.37 Å². The first kappa shape index (κ1) is 14.3. The van der Waals surface area contributed by atoms with Gasteiger partial charge in [-0.3, -0.25) is 0 Å². The van der Waals surface area contributed by atoms with Crippen molar-refractivity contribution in [3.8, 4) is 0 Å². The largest absolute Gasteiger partial charge is 0.354 e. The molecule has 1 heterocycles. The highest BCUT2D eigenvalue weighted by Crippen LogP contribution is 2.31. The second-order valence-electron chi connectivity index (χ2n) is 5.51. The second-order valence-corrected chi connectivity index (χ2v) is 5.51. The van der Waals surface area contributed by atoms with E-state index in [1.165, 1.54) is 19.3 Å². The Hall–Kier alpha value is -1.16. The van der Waals surface area contributed by atoms with E-state index in [2.05, 4.69) is 11.9 Å². The lowest BCUT2D eigenvalue weighted by molar-refractivity contribution is 0.312. The molecule has 0 radical (unpaired) electrons. The first-order valence-electron chi connectivity index (χ1n) is 7.23. The molecule has 106 valence electrons. The van der Waals surface area contributed by atoms with Crippen molar-refractivity contribution in [2.24, 2.45) is 11.7 Å². The molecule has 0 spiro atoms. The highest BCUT2D eigenvalue weighted by Gasteiger charge is 2.25. The second kappa shape index (κ2) is 6.33. The SMILES string of the molecule is CCC1CCC(N(C)c2nccc(CN)c2F)CC1. The number of hydrogen-bond acceptors (Lipinski definition) is 3. The third kappa shape index (κ3) is 3.06. The summed E-state index contributed by atoms with van der Waals surface area (Å²) in [6, 6.07) is 2.05. The van der Waals surface area contributed by atoms with Crippen molar-refractivity contribution in [1.82, 2.24) is 4.98 Å². The maximum Gasteiger partial charge on any atom is 0.170 e. The van der Waals surface area contributed by atoms with Crippen molar-refractivity contribution in [2.75, 3.05) is 11.9 Å². The summed E-state index contributed by atoms with van der Waals surface area (Å²) in [6.07, 6.45) is 7.64. The van der Waals surface area contributed by atoms with E-state index in [4.69, 9.17) is 5.73 Å². The van der Waals surface area contributed by atoms with Gasteiger partial charge in [-0.15, -0.1) is 0 Å². The molecule has 0 aliphatic heterocycles. The van der Waals surface area contributed by atoms with E-state index in [9.17, 15) is 4.39 Å². The minimum absolute atomic E-state index is 0.220. The fourth-order valence-electron chi connectivity index (χ4n) is 2.99. The van der Waals surface area contributed by atoms with Crippen LogP contribution in [0.15, 0.2) is 12.3 Å². The minimum Gasteiger partial charge on any atom is -0.354 e. The van der Waals surface area contributed by atoms with Gasteiger partial charge in [0.25, 0.3) is 0 Å². The van der Waals surface area contributed by atoms with E-state index in [1.54, 1.807) is 12.3 Å². The molecule has 1 aromatic heterocycles. The Labute approximate surface area is 115 Å². The van der Waals surface area contributed by atoms with Crippen LogP contribution in [0.3, 0.4) is 0 Å². The lowest BCUT2D eigenvalue weighted by Gasteiger charge is -2.35. The highest BCUT2D eigenvalue weighted by atomic mass is 19.1. The minimum atomic E-state index is -0.259. The molecule has 4 heteroatoms. The molecule has 19 heavy (non-hydrogen) atoms. The quantitative estimate of drug-likeness (QED) is 0.909. The Balaban J connectivity index is 2.10. The summed E-state index contributed by atoms with van der Waals surface area (Å²) < 4.78 is 14.2. The third-order valence-electron chi connectivity index (χ3n) is 4.45. The van der Waals surface area contributed by atoms with Crippen molar-refractivity contribution in [1.29, 1.82) is 0 Å². The molecule has 1 aliphatic rings. The van der Waals surface area contributed by atoms with Crippen molar-refractivity contribution in [3.05, 3.63) is 23.6 Å². The molecule has 0 unspecified atom stereocenters. The summed E-state index contributed by atoms with van der Waals surface area (Å²) in [7, 11) is 1.95. The first-order valence-corrected chi connectivity index (χ1v) is 7.23. The van der Waals surface area contributed by atoms with Crippen LogP contribution in [0.5, 0.6) is 0 Å². The van der Waals surface area contributed by atoms with Gasteiger partial charge in [0, 0.05) is 31.4 Å². The lowest BCUT2D eigenvalue weighted by atomic mass is 9.84. The van der Waals surface area contributed by atoms with Gasteiger partial charge in [-0.1, -0.05) is 13.3 Å². The number of hydrogen-bond donors (Lipinski definition) is 1. The number of anilines is 1. The zero-order valence-electron chi connectivity index (χ0n) is 11.9. The zero-order valence-corrected chi connectivity index (χ0v) is 11.9. The van der Waals surface area contributed by atoms with Gasteiger partial charge in [0.1, 0.15) is 0 Å². The predicted octanol–water partition coefficient (Wildman–Crippen LogP) is 3.08. The van der Waals surface area contributed by atoms with E-state index < -0.39 is 0 Å². The van der Waals surface area contributed by atoms with Gasteiger partial charge < -0.3 is 10.6 Å². The number of nitrogens with two attached hydrogens (primary N) is 1. The van der Waals surface area contributed by atoms with Crippen LogP contribution >= 0.6 is 0 Å². The lowest BCUT2D eigenvalue weighted by Crippen LogP contribution is -2.36. The molecule has 1 aliphatic carbocycles. The van der Waals surface area contributed by atoms with E-state index in [1.807, 2.05) is 11.9 Å². The fourth-order valence-corrected chi connectivity index (χ4v) is 2.99. The van der Waals surface area contributed by atoms with Gasteiger partial charge in [-0.05, 0) is 37.7 Å². The Kier molecular flexibility index (Phi) is 4.75. The van der Waals surface area contributed by atoms with Crippen molar-refractivity contribution in [2.45, 2.75) is 51.6 Å². The summed E-state index contributed by atoms with van der Waals surface area (Å²) in [5.41, 5.74) is 6.09. The van der Waals surface area contributed by atoms with E-state index >= 15 is 0 Å². The predicted molar refractivity (Wildman–Crippen MR) is 76.5 cm³/mol. The maximum absolute atomic E-state index is 14.2. The summed E-state index contributed by atoms with van der Waals surface area (Å²) in [5, 5.41) is 0. The molecule has 0 bridgehead atoms. The molecule has 1 aromatic rings. The summed E-state index contributed by atoms with van der Waals surface area (Å²) in [5.74, 6) is 1.03. The summed E-state index contributed by atoms with van der Waals surface area (Å²) in [4.78, 5) is 6.20. The summed E-state index contributed by atoms with van der Waals surface area (Å²) in [6.45, 7) is 2.47. The topological polar surface area (TPSA) is 42.2 Å². The Morgan fingerprint density at radius 3 is 2.63 bits per heavy atom. The van der Waals surface area contributed by atoms with Crippen molar-refractivity contribution in [3.63, 3.8) is 0 Å². The van der Waals surface area contributed by atoms with Crippen LogP contribution in [0, 0.1) is 11.7 Å². The van der Waals surface area contributed by atoms with Crippen LogP contribution in [-0.2, 0) is 6.54 Å². The maximum atomic E-state index is 14.2. The van der Waals surface area contributed by atoms with Gasteiger partial charge in [-0.2, -0.15) is 0 Å². The molecule has 1 saturated carbocycles. The average molecular weight is 265 g/mol. The van der Waals surface area contributed by atoms with Crippen LogP contribution in [0.4, 0.5) is 10.2 Å². The molecular formula is C15H24FN3. The monoisotopic (exact) mass is 265 g/mol. The molecule has 0 aromatic carbocycles.